The van der Waals surface area contributed by atoms with E-state index in [2.05, 4.69) is 20.6 Å². The molecule has 0 bridgehead atoms. The highest BCUT2D eigenvalue weighted by Gasteiger charge is 2.33. The minimum Gasteiger partial charge on any atom is -0.491 e. The maximum atomic E-state index is 12.5. The number of carbonyl (C=O) groups is 2. The Morgan fingerprint density at radius 2 is 2.11 bits per heavy atom. The minimum atomic E-state index is -0.358. The van der Waals surface area contributed by atoms with Gasteiger partial charge in [-0.3, -0.25) is 14.7 Å². The van der Waals surface area contributed by atoms with Crippen LogP contribution < -0.4 is 25.0 Å². The van der Waals surface area contributed by atoms with Crippen LogP contribution in [0.3, 0.4) is 0 Å². The predicted octanol–water partition coefficient (Wildman–Crippen LogP) is 3.55. The molecule has 1 saturated heterocycles. The number of anilines is 2. The van der Waals surface area contributed by atoms with E-state index in [1.807, 2.05) is 30.3 Å². The molecule has 10 nitrogen and oxygen atoms in total. The first kappa shape index (κ1) is 23.8. The molecule has 2 amide bonds. The van der Waals surface area contributed by atoms with Crippen molar-refractivity contribution in [3.05, 3.63) is 42.1 Å². The molecular weight excluding hydrogens is 494 g/mol. The zero-order valence-corrected chi connectivity index (χ0v) is 21.2. The third-order valence-electron chi connectivity index (χ3n) is 6.84. The molecule has 11 heteroatoms. The molecular formula is C26H27N5O5S. The highest BCUT2D eigenvalue weighted by molar-refractivity contribution is 8.00. The molecule has 0 radical (unpaired) electrons. The van der Waals surface area contributed by atoms with Gasteiger partial charge in [-0.2, -0.15) is 0 Å². The molecule has 1 aromatic carbocycles. The lowest BCUT2D eigenvalue weighted by Gasteiger charge is -2.20. The Labute approximate surface area is 218 Å². The van der Waals surface area contributed by atoms with Crippen LogP contribution in [0.15, 0.2) is 41.4 Å². The number of thioether (sulfide) groups is 1. The quantitative estimate of drug-likeness (QED) is 0.430. The molecule has 1 fully saturated rings. The molecule has 3 aliphatic rings. The molecule has 5 heterocycles. The Hall–Kier alpha value is -3.57. The monoisotopic (exact) mass is 521 g/mol. The van der Waals surface area contributed by atoms with Gasteiger partial charge in [-0.25, -0.2) is 9.78 Å². The van der Waals surface area contributed by atoms with E-state index in [4.69, 9.17) is 14.2 Å². The van der Waals surface area contributed by atoms with Crippen molar-refractivity contribution in [1.82, 2.24) is 15.3 Å². The number of hydrogen-bond donors (Lipinski definition) is 2. The maximum absolute atomic E-state index is 12.5. The van der Waals surface area contributed by atoms with Crippen LogP contribution in [-0.2, 0) is 9.53 Å². The van der Waals surface area contributed by atoms with Gasteiger partial charge in [0.1, 0.15) is 17.4 Å². The van der Waals surface area contributed by atoms with Gasteiger partial charge in [0.25, 0.3) is 0 Å². The van der Waals surface area contributed by atoms with Gasteiger partial charge < -0.3 is 24.8 Å². The highest BCUT2D eigenvalue weighted by Crippen LogP contribution is 2.40. The molecule has 192 valence electrons. The lowest BCUT2D eigenvalue weighted by atomic mass is 9.97. The van der Waals surface area contributed by atoms with Gasteiger partial charge >= 0.3 is 6.09 Å². The molecule has 3 aromatic rings. The smallest absolute Gasteiger partial charge is 0.414 e. The second-order valence-corrected chi connectivity index (χ2v) is 10.2. The number of fused-ring (bicyclic) bond motifs is 4. The van der Waals surface area contributed by atoms with Crippen LogP contribution in [0.25, 0.3) is 11.0 Å². The normalized spacial score (nSPS) is 20.3. The molecule has 0 spiro atoms. The first-order valence-electron chi connectivity index (χ1n) is 12.3. The lowest BCUT2D eigenvalue weighted by Crippen LogP contribution is -2.27. The average molecular weight is 522 g/mol. The summed E-state index contributed by atoms with van der Waals surface area (Å²) in [6, 6.07) is 9.41. The van der Waals surface area contributed by atoms with Crippen molar-refractivity contribution in [2.45, 2.75) is 29.8 Å². The Kier molecular flexibility index (Phi) is 6.47. The third-order valence-corrected chi connectivity index (χ3v) is 7.92. The molecule has 3 aliphatic heterocycles. The topological polar surface area (TPSA) is 115 Å². The average Bonchev–Trinajstić information content (AvgIpc) is 3.50. The standard InChI is InChI=1S/C26H27N5O5S/c1-34-23-5-3-18-25(30-23)24-15(13-35-20(24)11-28-18)6-8-27-9-7-17-12-31(26(33)36-17)16-2-4-21-19(10-16)29-22(32)14-37-21/h2-5,10-11,15,17,27H,6-9,12-14H2,1H3,(H,29,32)/t15?,17-/m1/s1. The van der Waals surface area contributed by atoms with E-state index < -0.39 is 0 Å². The molecule has 37 heavy (non-hydrogen) atoms. The highest BCUT2D eigenvalue weighted by atomic mass is 32.2. The van der Waals surface area contributed by atoms with Crippen LogP contribution in [0.1, 0.15) is 24.3 Å². The van der Waals surface area contributed by atoms with Gasteiger partial charge in [-0.05, 0) is 50.2 Å². The molecule has 2 atom stereocenters. The summed E-state index contributed by atoms with van der Waals surface area (Å²) in [7, 11) is 1.61. The fourth-order valence-electron chi connectivity index (χ4n) is 4.96. The van der Waals surface area contributed by atoms with Gasteiger partial charge in [-0.1, -0.05) is 0 Å². The van der Waals surface area contributed by atoms with E-state index in [0.29, 0.717) is 31.2 Å². The molecule has 0 aliphatic carbocycles. The van der Waals surface area contributed by atoms with E-state index >= 15 is 0 Å². The van der Waals surface area contributed by atoms with Crippen molar-refractivity contribution in [2.75, 3.05) is 49.3 Å². The summed E-state index contributed by atoms with van der Waals surface area (Å²) in [5.74, 6) is 1.95. The van der Waals surface area contributed by atoms with Gasteiger partial charge in [-0.15, -0.1) is 11.8 Å². The van der Waals surface area contributed by atoms with Gasteiger partial charge in [0.15, 0.2) is 0 Å². The van der Waals surface area contributed by atoms with Crippen molar-refractivity contribution in [1.29, 1.82) is 0 Å². The summed E-state index contributed by atoms with van der Waals surface area (Å²) in [6.07, 6.45) is 2.82. The third kappa shape index (κ3) is 4.76. The fraction of sp³-hybridized carbons (Fsp3) is 0.385. The van der Waals surface area contributed by atoms with E-state index in [9.17, 15) is 9.59 Å². The summed E-state index contributed by atoms with van der Waals surface area (Å²) in [5, 5.41) is 6.35. The summed E-state index contributed by atoms with van der Waals surface area (Å²) in [6.45, 7) is 2.61. The van der Waals surface area contributed by atoms with E-state index in [1.165, 1.54) is 11.8 Å². The zero-order valence-electron chi connectivity index (χ0n) is 20.4. The Balaban J connectivity index is 1.01. The molecule has 2 aromatic heterocycles. The van der Waals surface area contributed by atoms with Gasteiger partial charge in [0.2, 0.25) is 11.8 Å². The number of benzene rings is 1. The van der Waals surface area contributed by atoms with Crippen LogP contribution in [0.4, 0.5) is 16.2 Å². The number of ether oxygens (including phenoxy) is 3. The Bertz CT molecular complexity index is 1370. The van der Waals surface area contributed by atoms with Gasteiger partial charge in [0, 0.05) is 28.1 Å². The molecule has 0 saturated carbocycles. The summed E-state index contributed by atoms with van der Waals surface area (Å²) in [5.41, 5.74) is 4.22. The lowest BCUT2D eigenvalue weighted by molar-refractivity contribution is -0.113. The van der Waals surface area contributed by atoms with E-state index in [1.54, 1.807) is 18.2 Å². The largest absolute Gasteiger partial charge is 0.491 e. The first-order chi connectivity index (χ1) is 18.1. The van der Waals surface area contributed by atoms with Crippen molar-refractivity contribution >= 4 is 46.2 Å². The molecule has 2 N–H and O–H groups in total. The number of nitrogens with zero attached hydrogens (tertiary/aromatic N) is 3. The number of hydrogen-bond acceptors (Lipinski definition) is 9. The number of carbonyl (C=O) groups excluding carboxylic acids is 2. The SMILES string of the molecule is COc1ccc2ncc3c(c2n1)C(CCNCC[C@@H]1CN(c2ccc4c(c2)NC(=O)CS4)C(=O)O1)CO3. The van der Waals surface area contributed by atoms with Crippen LogP contribution in [-0.4, -0.2) is 67.2 Å². The number of nitrogens with one attached hydrogen (secondary N) is 2. The van der Waals surface area contributed by atoms with Crippen LogP contribution in [0, 0.1) is 0 Å². The second kappa shape index (κ2) is 10.1. The fourth-order valence-corrected chi connectivity index (χ4v) is 5.75. The van der Waals surface area contributed by atoms with Crippen molar-refractivity contribution < 1.29 is 23.8 Å². The number of cyclic esters (lactones) is 1. The first-order valence-corrected chi connectivity index (χ1v) is 13.3. The second-order valence-electron chi connectivity index (χ2n) is 9.23. The predicted molar refractivity (Wildman–Crippen MR) is 140 cm³/mol. The van der Waals surface area contributed by atoms with E-state index in [0.717, 1.165) is 58.1 Å². The number of methoxy groups -OCH3 is 1. The van der Waals surface area contributed by atoms with Crippen molar-refractivity contribution in [3.8, 4) is 11.6 Å². The van der Waals surface area contributed by atoms with Crippen LogP contribution in [0.2, 0.25) is 0 Å². The summed E-state index contributed by atoms with van der Waals surface area (Å²) >= 11 is 1.50. The van der Waals surface area contributed by atoms with E-state index in [-0.39, 0.29) is 24.0 Å². The molecule has 6 rings (SSSR count). The summed E-state index contributed by atoms with van der Waals surface area (Å²) in [4.78, 5) is 35.9. The summed E-state index contributed by atoms with van der Waals surface area (Å²) < 4.78 is 16.8. The Morgan fingerprint density at radius 1 is 1.22 bits per heavy atom. The number of pyridine rings is 2. The number of aromatic nitrogens is 2. The van der Waals surface area contributed by atoms with Crippen LogP contribution in [0.5, 0.6) is 11.6 Å². The number of amides is 2. The van der Waals surface area contributed by atoms with Crippen LogP contribution >= 0.6 is 11.8 Å². The number of rotatable bonds is 8. The zero-order chi connectivity index (χ0) is 25.4. The molecule has 1 unspecified atom stereocenters. The maximum Gasteiger partial charge on any atom is 0.414 e. The Morgan fingerprint density at radius 3 is 3.00 bits per heavy atom. The van der Waals surface area contributed by atoms with Crippen molar-refractivity contribution in [3.63, 3.8) is 0 Å². The van der Waals surface area contributed by atoms with Gasteiger partial charge in [0.05, 0.1) is 43.4 Å². The van der Waals surface area contributed by atoms with Crippen molar-refractivity contribution in [2.24, 2.45) is 0 Å². The minimum absolute atomic E-state index is 0.0314.